The zero-order chi connectivity index (χ0) is 18.8. The Morgan fingerprint density at radius 2 is 1.96 bits per heavy atom. The summed E-state index contributed by atoms with van der Waals surface area (Å²) in [5, 5.41) is 0. The van der Waals surface area contributed by atoms with E-state index in [2.05, 4.69) is 17.0 Å². The molecule has 1 amide bonds. The fraction of sp³-hybridized carbons (Fsp3) is 0.381. The van der Waals surface area contributed by atoms with Crippen molar-refractivity contribution in [3.63, 3.8) is 0 Å². The Hall–Kier alpha value is -2.44. The second-order valence-electron chi connectivity index (χ2n) is 6.95. The predicted octanol–water partition coefficient (Wildman–Crippen LogP) is 2.73. The Bertz CT molecular complexity index is 814. The number of carbonyl (C=O) groups excluding carboxylic acids is 1. The number of morpholine rings is 1. The summed E-state index contributed by atoms with van der Waals surface area (Å²) in [7, 11) is 1.49. The first-order valence-electron chi connectivity index (χ1n) is 9.18. The normalized spacial score (nSPS) is 23.0. The Morgan fingerprint density at radius 3 is 2.74 bits per heavy atom. The molecule has 2 saturated heterocycles. The van der Waals surface area contributed by atoms with Crippen molar-refractivity contribution in [3.8, 4) is 5.75 Å². The minimum Gasteiger partial charge on any atom is -0.496 e. The number of piperazine rings is 1. The number of benzene rings is 2. The van der Waals surface area contributed by atoms with E-state index in [1.54, 1.807) is 4.90 Å². The highest BCUT2D eigenvalue weighted by atomic mass is 19.1. The monoisotopic (exact) mass is 370 g/mol. The van der Waals surface area contributed by atoms with E-state index < -0.39 is 5.82 Å². The van der Waals surface area contributed by atoms with Crippen molar-refractivity contribution >= 4 is 5.91 Å². The third kappa shape index (κ3) is 3.55. The van der Waals surface area contributed by atoms with Crippen molar-refractivity contribution in [2.24, 2.45) is 0 Å². The molecule has 0 radical (unpaired) electrons. The maximum absolute atomic E-state index is 13.7. The summed E-state index contributed by atoms with van der Waals surface area (Å²) >= 11 is 0. The maximum atomic E-state index is 13.7. The molecular formula is C21H23FN2O3. The molecule has 0 unspecified atom stereocenters. The van der Waals surface area contributed by atoms with Gasteiger partial charge in [0.05, 0.1) is 38.0 Å². The molecule has 0 saturated carbocycles. The van der Waals surface area contributed by atoms with Gasteiger partial charge in [0.15, 0.2) is 0 Å². The Morgan fingerprint density at radius 1 is 1.15 bits per heavy atom. The number of nitrogens with zero attached hydrogens (tertiary/aromatic N) is 2. The van der Waals surface area contributed by atoms with Gasteiger partial charge < -0.3 is 14.4 Å². The van der Waals surface area contributed by atoms with Crippen molar-refractivity contribution in [2.75, 3.05) is 40.0 Å². The number of carbonyl (C=O) groups is 1. The highest BCUT2D eigenvalue weighted by molar-refractivity contribution is 5.97. The highest BCUT2D eigenvalue weighted by Gasteiger charge is 2.38. The summed E-state index contributed by atoms with van der Waals surface area (Å²) in [5.41, 5.74) is 1.50. The van der Waals surface area contributed by atoms with Gasteiger partial charge in [0.1, 0.15) is 11.6 Å². The van der Waals surface area contributed by atoms with Gasteiger partial charge in [0, 0.05) is 19.6 Å². The second kappa shape index (κ2) is 7.66. The predicted molar refractivity (Wildman–Crippen MR) is 99.4 cm³/mol. The standard InChI is InChI=1S/C21H23FN2O3/c1-26-20-8-7-16(22)11-18(20)21(25)23-9-10-24-17(12-23)13-27-14-19(24)15-5-3-2-4-6-15/h2-8,11,17,19H,9-10,12-14H2,1H3/t17-,19-/m1/s1. The van der Waals surface area contributed by atoms with Crippen LogP contribution in [0, 0.1) is 5.82 Å². The van der Waals surface area contributed by atoms with Gasteiger partial charge in [-0.05, 0) is 23.8 Å². The lowest BCUT2D eigenvalue weighted by molar-refractivity contribution is -0.0770. The van der Waals surface area contributed by atoms with Gasteiger partial charge >= 0.3 is 0 Å². The van der Waals surface area contributed by atoms with Crippen molar-refractivity contribution in [1.29, 1.82) is 0 Å². The van der Waals surface area contributed by atoms with Crippen molar-refractivity contribution in [3.05, 3.63) is 65.5 Å². The van der Waals surface area contributed by atoms with Crippen molar-refractivity contribution in [2.45, 2.75) is 12.1 Å². The van der Waals surface area contributed by atoms with Crippen molar-refractivity contribution < 1.29 is 18.7 Å². The molecular weight excluding hydrogens is 347 g/mol. The van der Waals surface area contributed by atoms with E-state index in [9.17, 15) is 9.18 Å². The summed E-state index contributed by atoms with van der Waals surface area (Å²) in [6, 6.07) is 14.7. The number of halogens is 1. The minimum absolute atomic E-state index is 0.126. The van der Waals surface area contributed by atoms with Crippen LogP contribution in [0.1, 0.15) is 22.0 Å². The molecule has 4 rings (SSSR count). The molecule has 2 heterocycles. The molecule has 2 aliphatic rings. The van der Waals surface area contributed by atoms with Crippen LogP contribution in [0.2, 0.25) is 0 Å². The summed E-state index contributed by atoms with van der Waals surface area (Å²) in [4.78, 5) is 17.2. The molecule has 6 heteroatoms. The maximum Gasteiger partial charge on any atom is 0.257 e. The van der Waals surface area contributed by atoms with Gasteiger partial charge in [-0.15, -0.1) is 0 Å². The third-order valence-electron chi connectivity index (χ3n) is 5.38. The number of methoxy groups -OCH3 is 1. The number of amides is 1. The van der Waals surface area contributed by atoms with Crippen LogP contribution in [0.5, 0.6) is 5.75 Å². The molecule has 2 aliphatic heterocycles. The summed E-state index contributed by atoms with van der Waals surface area (Å²) < 4.78 is 24.7. The Labute approximate surface area is 158 Å². The van der Waals surface area contributed by atoms with Crippen LogP contribution < -0.4 is 4.74 Å². The molecule has 142 valence electrons. The van der Waals surface area contributed by atoms with Crippen LogP contribution in [0.3, 0.4) is 0 Å². The first kappa shape index (κ1) is 17.9. The van der Waals surface area contributed by atoms with E-state index in [1.807, 2.05) is 18.2 Å². The van der Waals surface area contributed by atoms with E-state index in [4.69, 9.17) is 9.47 Å². The van der Waals surface area contributed by atoms with E-state index in [1.165, 1.54) is 30.9 Å². The lowest BCUT2D eigenvalue weighted by Crippen LogP contribution is -2.60. The fourth-order valence-corrected chi connectivity index (χ4v) is 4.00. The number of rotatable bonds is 3. The average Bonchev–Trinajstić information content (AvgIpc) is 2.73. The van der Waals surface area contributed by atoms with E-state index in [0.717, 1.165) is 6.54 Å². The third-order valence-corrected chi connectivity index (χ3v) is 5.38. The molecule has 2 fully saturated rings. The SMILES string of the molecule is COc1ccc(F)cc1C(=O)N1CCN2[C@@H](COC[C@@H]2c2ccccc2)C1. The zero-order valence-electron chi connectivity index (χ0n) is 15.3. The average molecular weight is 370 g/mol. The number of hydrogen-bond donors (Lipinski definition) is 0. The van der Waals surface area contributed by atoms with E-state index >= 15 is 0 Å². The zero-order valence-corrected chi connectivity index (χ0v) is 15.3. The lowest BCUT2D eigenvalue weighted by Gasteiger charge is -2.48. The van der Waals surface area contributed by atoms with Gasteiger partial charge in [-0.2, -0.15) is 0 Å². The van der Waals surface area contributed by atoms with Gasteiger partial charge in [-0.25, -0.2) is 4.39 Å². The van der Waals surface area contributed by atoms with Gasteiger partial charge in [-0.1, -0.05) is 30.3 Å². The van der Waals surface area contributed by atoms with E-state index in [0.29, 0.717) is 32.1 Å². The first-order valence-corrected chi connectivity index (χ1v) is 9.18. The number of fused-ring (bicyclic) bond motifs is 1. The number of ether oxygens (including phenoxy) is 2. The smallest absolute Gasteiger partial charge is 0.257 e. The highest BCUT2D eigenvalue weighted by Crippen LogP contribution is 2.30. The first-order chi connectivity index (χ1) is 13.2. The molecule has 0 aromatic heterocycles. The molecule has 0 bridgehead atoms. The fourth-order valence-electron chi connectivity index (χ4n) is 4.00. The molecule has 0 aliphatic carbocycles. The van der Waals surface area contributed by atoms with Gasteiger partial charge in [0.2, 0.25) is 0 Å². The lowest BCUT2D eigenvalue weighted by atomic mass is 10.00. The van der Waals surface area contributed by atoms with Crippen LogP contribution in [0.15, 0.2) is 48.5 Å². The van der Waals surface area contributed by atoms with Crippen LogP contribution in [0.25, 0.3) is 0 Å². The van der Waals surface area contributed by atoms with Gasteiger partial charge in [-0.3, -0.25) is 9.69 Å². The largest absolute Gasteiger partial charge is 0.496 e. The van der Waals surface area contributed by atoms with Crippen LogP contribution in [-0.4, -0.2) is 61.7 Å². The quantitative estimate of drug-likeness (QED) is 0.833. The molecule has 2 atom stereocenters. The minimum atomic E-state index is -0.442. The Kier molecular flexibility index (Phi) is 5.09. The van der Waals surface area contributed by atoms with Crippen molar-refractivity contribution in [1.82, 2.24) is 9.80 Å². The van der Waals surface area contributed by atoms with Crippen LogP contribution in [-0.2, 0) is 4.74 Å². The van der Waals surface area contributed by atoms with Crippen LogP contribution >= 0.6 is 0 Å². The van der Waals surface area contributed by atoms with E-state index in [-0.39, 0.29) is 23.6 Å². The molecule has 0 spiro atoms. The summed E-state index contributed by atoms with van der Waals surface area (Å²) in [6.07, 6.45) is 0. The van der Waals surface area contributed by atoms with Gasteiger partial charge in [0.25, 0.3) is 5.91 Å². The summed E-state index contributed by atoms with van der Waals surface area (Å²) in [5.74, 6) is -0.248. The molecule has 0 N–H and O–H groups in total. The molecule has 2 aromatic carbocycles. The topological polar surface area (TPSA) is 42.0 Å². The number of hydrogen-bond acceptors (Lipinski definition) is 4. The summed E-state index contributed by atoms with van der Waals surface area (Å²) in [6.45, 7) is 3.16. The molecule has 2 aromatic rings. The Balaban J connectivity index is 1.52. The molecule has 27 heavy (non-hydrogen) atoms. The second-order valence-corrected chi connectivity index (χ2v) is 6.95. The molecule has 5 nitrogen and oxygen atoms in total. The van der Waals surface area contributed by atoms with Crippen LogP contribution in [0.4, 0.5) is 4.39 Å².